The summed E-state index contributed by atoms with van der Waals surface area (Å²) < 4.78 is 78.2. The molecular formula is C35H35F5N6O3. The number of anilines is 1. The fraction of sp³-hybridized carbons (Fsp3) is 0.486. The minimum Gasteiger partial charge on any atom is -0.508 e. The Balaban J connectivity index is 1.26. The molecule has 2 aromatic carbocycles. The molecule has 1 amide bonds. The van der Waals surface area contributed by atoms with Crippen molar-refractivity contribution in [1.29, 1.82) is 0 Å². The van der Waals surface area contributed by atoms with Crippen molar-refractivity contribution in [2.45, 2.75) is 75.9 Å². The molecule has 4 aliphatic rings. The van der Waals surface area contributed by atoms with Crippen molar-refractivity contribution in [3.63, 3.8) is 0 Å². The average molecular weight is 683 g/mol. The lowest BCUT2D eigenvalue weighted by atomic mass is 9.95. The van der Waals surface area contributed by atoms with E-state index in [-0.39, 0.29) is 53.9 Å². The molecule has 8 rings (SSSR count). The number of rotatable bonds is 5. The standard InChI is InChI=1S/C35H35F5N6O3/c1-18-5-3-6-20-11-24(47)12-25(26(18)20)29-28(37)30-27(19(2)41-29)31(44-15-22-7-8-23(16-44)46(22)32(48)35(38,39)40)43-33(42-30)49-17-34-9-4-10-45(34)14-21(36)13-34/h3,5-6,11-12,21-23,47H,4,7-10,13-17H2,1-2H3/t21-,22?,23?,34+/m1/s1. The number of ether oxygens (including phenoxy) is 1. The van der Waals surface area contributed by atoms with Crippen LogP contribution in [0.1, 0.15) is 43.4 Å². The first kappa shape index (κ1) is 31.9. The number of fused-ring (bicyclic) bond motifs is 5. The molecule has 4 aromatic rings. The number of aromatic hydroxyl groups is 1. The minimum atomic E-state index is -4.99. The lowest BCUT2D eigenvalue weighted by Crippen LogP contribution is -2.59. The van der Waals surface area contributed by atoms with Gasteiger partial charge >= 0.3 is 18.1 Å². The third-order valence-electron chi connectivity index (χ3n) is 10.8. The van der Waals surface area contributed by atoms with Gasteiger partial charge in [0.25, 0.3) is 0 Å². The average Bonchev–Trinajstić information content (AvgIpc) is 3.66. The Morgan fingerprint density at radius 3 is 2.55 bits per heavy atom. The summed E-state index contributed by atoms with van der Waals surface area (Å²) in [4.78, 5) is 31.1. The Bertz CT molecular complexity index is 1990. The predicted molar refractivity (Wildman–Crippen MR) is 172 cm³/mol. The predicted octanol–water partition coefficient (Wildman–Crippen LogP) is 6.00. The van der Waals surface area contributed by atoms with Crippen molar-refractivity contribution in [1.82, 2.24) is 24.8 Å². The monoisotopic (exact) mass is 682 g/mol. The van der Waals surface area contributed by atoms with Crippen molar-refractivity contribution in [3.05, 3.63) is 47.4 Å². The van der Waals surface area contributed by atoms with E-state index in [2.05, 4.69) is 14.9 Å². The number of nitrogens with zero attached hydrogens (tertiary/aromatic N) is 6. The van der Waals surface area contributed by atoms with E-state index >= 15 is 4.39 Å². The zero-order valence-electron chi connectivity index (χ0n) is 27.0. The fourth-order valence-electron chi connectivity index (χ4n) is 8.77. The summed E-state index contributed by atoms with van der Waals surface area (Å²) in [6, 6.07) is 7.03. The maximum absolute atomic E-state index is 17.0. The van der Waals surface area contributed by atoms with Crippen molar-refractivity contribution in [2.24, 2.45) is 0 Å². The SMILES string of the molecule is Cc1cccc2cc(O)cc(-c3nc(C)c4c(N5CC6CCC(C5)N6C(=O)C(F)(F)F)nc(OC[C@@]56CCCN5C[C@H](F)C6)nc4c3F)c12. The van der Waals surface area contributed by atoms with E-state index in [1.54, 1.807) is 17.9 Å². The molecule has 49 heavy (non-hydrogen) atoms. The number of hydrogen-bond donors (Lipinski definition) is 1. The normalized spacial score (nSPS) is 25.5. The van der Waals surface area contributed by atoms with Crippen LogP contribution in [-0.4, -0.2) is 98.5 Å². The van der Waals surface area contributed by atoms with Crippen molar-refractivity contribution >= 4 is 33.4 Å². The first-order valence-corrected chi connectivity index (χ1v) is 16.6. The second-order valence-electron chi connectivity index (χ2n) is 13.9. The number of phenols is 1. The summed E-state index contributed by atoms with van der Waals surface area (Å²) >= 11 is 0. The lowest BCUT2D eigenvalue weighted by Gasteiger charge is -2.42. The molecular weight excluding hydrogens is 647 g/mol. The summed E-state index contributed by atoms with van der Waals surface area (Å²) in [6.07, 6.45) is -3.28. The molecule has 2 unspecified atom stereocenters. The van der Waals surface area contributed by atoms with Gasteiger partial charge in [-0.25, -0.2) is 13.8 Å². The first-order chi connectivity index (χ1) is 23.3. The molecule has 2 aromatic heterocycles. The van der Waals surface area contributed by atoms with Crippen LogP contribution in [0.15, 0.2) is 30.3 Å². The van der Waals surface area contributed by atoms with Gasteiger partial charge in [-0.15, -0.1) is 0 Å². The second-order valence-corrected chi connectivity index (χ2v) is 13.9. The highest BCUT2D eigenvalue weighted by Crippen LogP contribution is 2.43. The molecule has 14 heteroatoms. The zero-order chi connectivity index (χ0) is 34.4. The first-order valence-electron chi connectivity index (χ1n) is 16.6. The van der Waals surface area contributed by atoms with E-state index < -0.39 is 41.7 Å². The van der Waals surface area contributed by atoms with Crippen LogP contribution in [0.2, 0.25) is 0 Å². The molecule has 6 heterocycles. The molecule has 4 saturated heterocycles. The molecule has 2 bridgehead atoms. The van der Waals surface area contributed by atoms with E-state index in [1.807, 2.05) is 25.1 Å². The van der Waals surface area contributed by atoms with Gasteiger partial charge < -0.3 is 19.6 Å². The number of aryl methyl sites for hydroxylation is 2. The van der Waals surface area contributed by atoms with Crippen LogP contribution in [0.4, 0.5) is 27.8 Å². The van der Waals surface area contributed by atoms with Crippen LogP contribution in [-0.2, 0) is 4.79 Å². The number of pyridine rings is 1. The highest BCUT2D eigenvalue weighted by atomic mass is 19.4. The Hall–Kier alpha value is -4.33. The molecule has 258 valence electrons. The quantitative estimate of drug-likeness (QED) is 0.256. The smallest absolute Gasteiger partial charge is 0.471 e. The van der Waals surface area contributed by atoms with E-state index in [1.165, 1.54) is 6.07 Å². The van der Waals surface area contributed by atoms with Gasteiger partial charge in [-0.1, -0.05) is 18.2 Å². The Kier molecular flexibility index (Phi) is 7.40. The topological polar surface area (TPSA) is 94.9 Å². The number of amides is 1. The minimum absolute atomic E-state index is 0.0342. The third kappa shape index (κ3) is 5.21. The van der Waals surface area contributed by atoms with Crippen LogP contribution in [0.25, 0.3) is 32.9 Å². The van der Waals surface area contributed by atoms with E-state index in [0.29, 0.717) is 47.8 Å². The molecule has 9 nitrogen and oxygen atoms in total. The maximum Gasteiger partial charge on any atom is 0.471 e. The highest BCUT2D eigenvalue weighted by molar-refractivity contribution is 6.02. The number of alkyl halides is 4. The van der Waals surface area contributed by atoms with Gasteiger partial charge in [0.2, 0.25) is 0 Å². The number of piperazine rings is 1. The number of phenolic OH excluding ortho intramolecular Hbond substituents is 1. The van der Waals surface area contributed by atoms with E-state index in [0.717, 1.165) is 29.8 Å². The third-order valence-corrected chi connectivity index (χ3v) is 10.8. The largest absolute Gasteiger partial charge is 0.508 e. The number of halogens is 5. The van der Waals surface area contributed by atoms with Crippen LogP contribution >= 0.6 is 0 Å². The Morgan fingerprint density at radius 1 is 1.06 bits per heavy atom. The number of hydrogen-bond acceptors (Lipinski definition) is 8. The number of carbonyl (C=O) groups excluding carboxylic acids is 1. The van der Waals surface area contributed by atoms with Crippen LogP contribution in [0, 0.1) is 19.7 Å². The van der Waals surface area contributed by atoms with Crippen molar-refractivity contribution in [2.75, 3.05) is 37.7 Å². The van der Waals surface area contributed by atoms with Crippen LogP contribution in [0.3, 0.4) is 0 Å². The van der Waals surface area contributed by atoms with Gasteiger partial charge in [-0.3, -0.25) is 9.69 Å². The number of carbonyl (C=O) groups is 1. The summed E-state index contributed by atoms with van der Waals surface area (Å²) in [5.41, 5.74) is 0.934. The van der Waals surface area contributed by atoms with E-state index in [4.69, 9.17) is 9.72 Å². The summed E-state index contributed by atoms with van der Waals surface area (Å²) in [5.74, 6) is -2.45. The molecule has 4 atom stereocenters. The van der Waals surface area contributed by atoms with Crippen molar-refractivity contribution in [3.8, 4) is 23.0 Å². The molecule has 1 N–H and O–H groups in total. The number of aromatic nitrogens is 3. The molecule has 4 aliphatic heterocycles. The van der Waals surface area contributed by atoms with E-state index in [9.17, 15) is 27.5 Å². The van der Waals surface area contributed by atoms with Crippen molar-refractivity contribution < 1.29 is 36.6 Å². The highest BCUT2D eigenvalue weighted by Gasteiger charge is 2.52. The fourth-order valence-corrected chi connectivity index (χ4v) is 8.77. The molecule has 0 saturated carbocycles. The molecule has 4 fully saturated rings. The van der Waals surface area contributed by atoms with Crippen LogP contribution in [0.5, 0.6) is 11.8 Å². The summed E-state index contributed by atoms with van der Waals surface area (Å²) in [5, 5.41) is 12.3. The van der Waals surface area contributed by atoms with Gasteiger partial charge in [0.1, 0.15) is 35.6 Å². The molecule has 0 aliphatic carbocycles. The van der Waals surface area contributed by atoms with Gasteiger partial charge in [0, 0.05) is 31.6 Å². The maximum atomic E-state index is 17.0. The van der Waals surface area contributed by atoms with Gasteiger partial charge in [0.05, 0.1) is 28.7 Å². The Labute approximate surface area is 278 Å². The summed E-state index contributed by atoms with van der Waals surface area (Å²) in [7, 11) is 0. The second kappa shape index (κ2) is 11.4. The molecule has 0 radical (unpaired) electrons. The van der Waals surface area contributed by atoms with Gasteiger partial charge in [-0.05, 0) is 74.5 Å². The van der Waals surface area contributed by atoms with Crippen LogP contribution < -0.4 is 9.64 Å². The van der Waals surface area contributed by atoms with Gasteiger partial charge in [0.15, 0.2) is 5.82 Å². The summed E-state index contributed by atoms with van der Waals surface area (Å²) in [6.45, 7) is 4.81. The Morgan fingerprint density at radius 2 is 1.82 bits per heavy atom. The lowest BCUT2D eigenvalue weighted by molar-refractivity contribution is -0.188. The van der Waals surface area contributed by atoms with Gasteiger partial charge in [-0.2, -0.15) is 23.1 Å². The number of benzene rings is 2. The zero-order valence-corrected chi connectivity index (χ0v) is 27.0. The molecule has 0 spiro atoms.